The van der Waals surface area contributed by atoms with Crippen molar-refractivity contribution in [1.29, 1.82) is 0 Å². The molecule has 0 aliphatic carbocycles. The van der Waals surface area contributed by atoms with Gasteiger partial charge in [-0.05, 0) is 0 Å². The third-order valence-corrected chi connectivity index (χ3v) is 1.81. The number of rotatable bonds is 2. The lowest BCUT2D eigenvalue weighted by Crippen LogP contribution is -2.20. The Morgan fingerprint density at radius 1 is 1.69 bits per heavy atom. The van der Waals surface area contributed by atoms with Crippen LogP contribution in [0.15, 0.2) is 6.33 Å². The lowest BCUT2D eigenvalue weighted by atomic mass is 10.4. The van der Waals surface area contributed by atoms with E-state index in [1.807, 2.05) is 0 Å². The van der Waals surface area contributed by atoms with Gasteiger partial charge < -0.3 is 10.6 Å². The number of aromatic nitrogens is 2. The molecule has 68 valence electrons. The number of terminal acetylenes is 1. The fourth-order valence-electron chi connectivity index (χ4n) is 0.882. The van der Waals surface area contributed by atoms with Gasteiger partial charge in [-0.2, -0.15) is 0 Å². The third-order valence-electron chi connectivity index (χ3n) is 1.50. The molecule has 2 N–H and O–H groups in total. The first-order chi connectivity index (χ1) is 6.16. The van der Waals surface area contributed by atoms with Gasteiger partial charge in [0, 0.05) is 7.05 Å². The largest absolute Gasteiger partial charge is 0.393 e. The number of hydrogen-bond donors (Lipinski definition) is 1. The van der Waals surface area contributed by atoms with Crippen LogP contribution in [0.4, 0.5) is 11.5 Å². The number of anilines is 2. The molecule has 0 aliphatic heterocycles. The maximum absolute atomic E-state index is 5.70. The Hall–Kier alpha value is -1.47. The highest BCUT2D eigenvalue weighted by molar-refractivity contribution is 6.32. The predicted octanol–water partition coefficient (Wildman–Crippen LogP) is 0.782. The minimum absolute atomic E-state index is 0.244. The Morgan fingerprint density at radius 2 is 2.38 bits per heavy atom. The highest BCUT2D eigenvalue weighted by Gasteiger charge is 2.08. The molecule has 1 aromatic rings. The van der Waals surface area contributed by atoms with Crippen molar-refractivity contribution in [1.82, 2.24) is 9.97 Å². The van der Waals surface area contributed by atoms with E-state index >= 15 is 0 Å². The molecule has 0 radical (unpaired) electrons. The summed E-state index contributed by atoms with van der Waals surface area (Å²) >= 11 is 5.70. The van der Waals surface area contributed by atoms with Crippen LogP contribution in [0.25, 0.3) is 0 Å². The monoisotopic (exact) mass is 196 g/mol. The Morgan fingerprint density at radius 3 is 3.00 bits per heavy atom. The van der Waals surface area contributed by atoms with E-state index in [4.69, 9.17) is 23.8 Å². The van der Waals surface area contributed by atoms with E-state index in [2.05, 4.69) is 15.9 Å². The van der Waals surface area contributed by atoms with Crippen molar-refractivity contribution in [2.24, 2.45) is 0 Å². The average molecular weight is 197 g/mol. The van der Waals surface area contributed by atoms with Gasteiger partial charge in [0.2, 0.25) is 0 Å². The maximum Gasteiger partial charge on any atom is 0.157 e. The fourth-order valence-corrected chi connectivity index (χ4v) is 1.01. The molecule has 0 aromatic carbocycles. The molecule has 1 heterocycles. The smallest absolute Gasteiger partial charge is 0.157 e. The summed E-state index contributed by atoms with van der Waals surface area (Å²) in [6.07, 6.45) is 6.49. The van der Waals surface area contributed by atoms with Crippen LogP contribution >= 0.6 is 11.6 Å². The van der Waals surface area contributed by atoms with E-state index < -0.39 is 0 Å². The average Bonchev–Trinajstić information content (AvgIpc) is 2.10. The maximum atomic E-state index is 5.70. The molecule has 4 nitrogen and oxygen atoms in total. The lowest BCUT2D eigenvalue weighted by molar-refractivity contribution is 0.992. The van der Waals surface area contributed by atoms with Crippen LogP contribution in [0.5, 0.6) is 0 Å². The molecule has 0 atom stereocenters. The Balaban J connectivity index is 3.02. The van der Waals surface area contributed by atoms with E-state index in [1.165, 1.54) is 6.33 Å². The first-order valence-corrected chi connectivity index (χ1v) is 3.95. The van der Waals surface area contributed by atoms with Gasteiger partial charge in [0.05, 0.1) is 6.54 Å². The van der Waals surface area contributed by atoms with Crippen molar-refractivity contribution in [3.8, 4) is 12.3 Å². The topological polar surface area (TPSA) is 55.0 Å². The summed E-state index contributed by atoms with van der Waals surface area (Å²) in [6, 6.07) is 0. The zero-order valence-corrected chi connectivity index (χ0v) is 7.91. The zero-order valence-electron chi connectivity index (χ0n) is 7.16. The standard InChI is InChI=1S/C8H9ClN4/c1-3-4-13(2)8-6(10)7(9)11-5-12-8/h1,5H,4,10H2,2H3. The SMILES string of the molecule is C#CCN(C)c1ncnc(Cl)c1N. The minimum Gasteiger partial charge on any atom is -0.393 e. The molecule has 1 rings (SSSR count). The predicted molar refractivity (Wildman–Crippen MR) is 53.6 cm³/mol. The van der Waals surface area contributed by atoms with Crippen LogP contribution in [0, 0.1) is 12.3 Å². The van der Waals surface area contributed by atoms with Gasteiger partial charge in [-0.15, -0.1) is 6.42 Å². The number of nitrogens with two attached hydrogens (primary N) is 1. The van der Waals surface area contributed by atoms with Crippen molar-refractivity contribution in [3.63, 3.8) is 0 Å². The molecular formula is C8H9ClN4. The van der Waals surface area contributed by atoms with Gasteiger partial charge in [-0.25, -0.2) is 9.97 Å². The van der Waals surface area contributed by atoms with Crippen LogP contribution in [-0.2, 0) is 0 Å². The highest BCUT2D eigenvalue weighted by Crippen LogP contribution is 2.24. The minimum atomic E-state index is 0.244. The molecule has 1 aromatic heterocycles. The van der Waals surface area contributed by atoms with Crippen LogP contribution in [-0.4, -0.2) is 23.6 Å². The quantitative estimate of drug-likeness (QED) is 0.561. The summed E-state index contributed by atoms with van der Waals surface area (Å²) in [6.45, 7) is 0.428. The van der Waals surface area contributed by atoms with E-state index in [1.54, 1.807) is 11.9 Å². The third kappa shape index (κ3) is 2.01. The first kappa shape index (κ1) is 9.62. The van der Waals surface area contributed by atoms with Gasteiger partial charge in [0.1, 0.15) is 12.0 Å². The molecule has 0 saturated carbocycles. The summed E-state index contributed by atoms with van der Waals surface area (Å²) in [5.41, 5.74) is 6.00. The molecule has 0 amide bonds. The molecule has 0 saturated heterocycles. The van der Waals surface area contributed by atoms with Gasteiger partial charge in [-0.1, -0.05) is 17.5 Å². The Kier molecular flexibility index (Phi) is 2.93. The van der Waals surface area contributed by atoms with Crippen molar-refractivity contribution in [3.05, 3.63) is 11.5 Å². The number of nitrogens with zero attached hydrogens (tertiary/aromatic N) is 3. The number of nitrogen functional groups attached to an aromatic ring is 1. The lowest BCUT2D eigenvalue weighted by Gasteiger charge is -2.16. The summed E-state index contributed by atoms with van der Waals surface area (Å²) in [5.74, 6) is 3.03. The normalized spacial score (nSPS) is 9.31. The van der Waals surface area contributed by atoms with Crippen molar-refractivity contribution in [2.45, 2.75) is 0 Å². The molecule has 13 heavy (non-hydrogen) atoms. The van der Waals surface area contributed by atoms with Crippen molar-refractivity contribution >= 4 is 23.1 Å². The van der Waals surface area contributed by atoms with Gasteiger partial charge >= 0.3 is 0 Å². The zero-order chi connectivity index (χ0) is 9.84. The second-order valence-electron chi connectivity index (χ2n) is 2.46. The molecule has 0 fully saturated rings. The highest BCUT2D eigenvalue weighted by atomic mass is 35.5. The summed E-state index contributed by atoms with van der Waals surface area (Å²) in [4.78, 5) is 9.43. The second kappa shape index (κ2) is 3.97. The Bertz CT molecular complexity index is 344. The summed E-state index contributed by atoms with van der Waals surface area (Å²) < 4.78 is 0. The summed E-state index contributed by atoms with van der Waals surface area (Å²) in [7, 11) is 1.79. The van der Waals surface area contributed by atoms with Gasteiger partial charge in [0.25, 0.3) is 0 Å². The number of halogens is 1. The molecule has 0 bridgehead atoms. The fraction of sp³-hybridized carbons (Fsp3) is 0.250. The van der Waals surface area contributed by atoms with Crippen LogP contribution in [0.1, 0.15) is 0 Å². The van der Waals surface area contributed by atoms with Crippen molar-refractivity contribution < 1.29 is 0 Å². The molecule has 0 spiro atoms. The van der Waals surface area contributed by atoms with Crippen LogP contribution in [0.2, 0.25) is 5.15 Å². The van der Waals surface area contributed by atoms with E-state index in [0.29, 0.717) is 18.1 Å². The summed E-state index contributed by atoms with van der Waals surface area (Å²) in [5, 5.41) is 0.244. The van der Waals surface area contributed by atoms with Gasteiger partial charge in [0.15, 0.2) is 11.0 Å². The molecular weight excluding hydrogens is 188 g/mol. The van der Waals surface area contributed by atoms with E-state index in [0.717, 1.165) is 0 Å². The van der Waals surface area contributed by atoms with E-state index in [-0.39, 0.29) is 5.15 Å². The molecule has 0 aliphatic rings. The number of hydrogen-bond acceptors (Lipinski definition) is 4. The molecule has 0 unspecified atom stereocenters. The first-order valence-electron chi connectivity index (χ1n) is 3.57. The van der Waals surface area contributed by atoms with Crippen LogP contribution < -0.4 is 10.6 Å². The van der Waals surface area contributed by atoms with Crippen molar-refractivity contribution in [2.75, 3.05) is 24.2 Å². The Labute approximate surface area is 81.7 Å². The second-order valence-corrected chi connectivity index (χ2v) is 2.82. The van der Waals surface area contributed by atoms with E-state index in [9.17, 15) is 0 Å². The van der Waals surface area contributed by atoms with Crippen LogP contribution in [0.3, 0.4) is 0 Å². The van der Waals surface area contributed by atoms with Gasteiger partial charge in [-0.3, -0.25) is 0 Å². The molecule has 5 heteroatoms.